The van der Waals surface area contributed by atoms with Crippen LogP contribution in [0.25, 0.3) is 0 Å². The van der Waals surface area contributed by atoms with E-state index in [0.29, 0.717) is 21.8 Å². The number of likely N-dealkylation sites (tertiary alicyclic amines) is 1. The third-order valence-corrected chi connectivity index (χ3v) is 7.07. The number of para-hydroxylation sites is 1. The van der Waals surface area contributed by atoms with Crippen LogP contribution >= 0.6 is 11.6 Å². The highest BCUT2D eigenvalue weighted by atomic mass is 35.5. The van der Waals surface area contributed by atoms with Gasteiger partial charge in [-0.3, -0.25) is 29.4 Å². The van der Waals surface area contributed by atoms with Crippen LogP contribution in [-0.2, 0) is 31.3 Å². The minimum absolute atomic E-state index is 0.0201. The maximum absolute atomic E-state index is 13.7. The molecule has 0 aliphatic carbocycles. The normalized spacial score (nSPS) is 28.2. The predicted molar refractivity (Wildman–Crippen MR) is 116 cm³/mol. The number of benzene rings is 2. The van der Waals surface area contributed by atoms with E-state index in [0.717, 1.165) is 0 Å². The fourth-order valence-corrected chi connectivity index (χ4v) is 5.51. The van der Waals surface area contributed by atoms with Crippen LogP contribution in [0, 0.1) is 11.8 Å². The Morgan fingerprint density at radius 2 is 1.78 bits per heavy atom. The van der Waals surface area contributed by atoms with Crippen molar-refractivity contribution in [2.75, 3.05) is 5.32 Å². The molecule has 5 rings (SSSR count). The number of nitrogens with two attached hydrogens (primary N) is 1. The van der Waals surface area contributed by atoms with Crippen molar-refractivity contribution in [1.82, 2.24) is 10.2 Å². The summed E-state index contributed by atoms with van der Waals surface area (Å²) in [4.78, 5) is 53.1. The molecule has 164 valence electrons. The van der Waals surface area contributed by atoms with Gasteiger partial charge in [-0.2, -0.15) is 0 Å². The van der Waals surface area contributed by atoms with Crippen LogP contribution in [-0.4, -0.2) is 34.6 Å². The Morgan fingerprint density at radius 1 is 1.06 bits per heavy atom. The fourth-order valence-electron chi connectivity index (χ4n) is 5.32. The molecule has 0 radical (unpaired) electrons. The van der Waals surface area contributed by atoms with Gasteiger partial charge in [-0.25, -0.2) is 0 Å². The van der Waals surface area contributed by atoms with Gasteiger partial charge in [0.15, 0.2) is 0 Å². The second-order valence-electron chi connectivity index (χ2n) is 8.42. The SMILES string of the molecule is NC(=O)CC[C@H]1N[C@@]2(C(=O)Nc3ccccc32)[C@@H]2C(=O)N(Cc3ccccc3Cl)C(=O)[C@H]21. The number of carbonyl (C=O) groups is 4. The van der Waals surface area contributed by atoms with E-state index in [1.807, 2.05) is 0 Å². The lowest BCUT2D eigenvalue weighted by molar-refractivity contribution is -0.143. The second-order valence-corrected chi connectivity index (χ2v) is 8.83. The first-order valence-corrected chi connectivity index (χ1v) is 10.8. The van der Waals surface area contributed by atoms with Crippen molar-refractivity contribution in [2.24, 2.45) is 17.6 Å². The number of amides is 4. The molecule has 4 atom stereocenters. The zero-order valence-electron chi connectivity index (χ0n) is 17.0. The molecule has 2 aromatic rings. The molecule has 0 saturated carbocycles. The van der Waals surface area contributed by atoms with Crippen LogP contribution in [0.15, 0.2) is 48.5 Å². The van der Waals surface area contributed by atoms with E-state index in [4.69, 9.17) is 17.3 Å². The van der Waals surface area contributed by atoms with E-state index in [1.54, 1.807) is 48.5 Å². The lowest BCUT2D eigenvalue weighted by atomic mass is 9.76. The second kappa shape index (κ2) is 7.43. The summed E-state index contributed by atoms with van der Waals surface area (Å²) in [5.41, 5.74) is 5.83. The molecule has 4 N–H and O–H groups in total. The lowest BCUT2D eigenvalue weighted by Gasteiger charge is -2.29. The van der Waals surface area contributed by atoms with Crippen LogP contribution in [0.5, 0.6) is 0 Å². The quantitative estimate of drug-likeness (QED) is 0.594. The minimum atomic E-state index is -1.38. The highest BCUT2D eigenvalue weighted by Gasteiger charge is 2.70. The van der Waals surface area contributed by atoms with Crippen molar-refractivity contribution in [1.29, 1.82) is 0 Å². The summed E-state index contributed by atoms with van der Waals surface area (Å²) in [5.74, 6) is -3.42. The van der Waals surface area contributed by atoms with E-state index in [2.05, 4.69) is 10.6 Å². The number of hydrogen-bond acceptors (Lipinski definition) is 5. The molecule has 32 heavy (non-hydrogen) atoms. The monoisotopic (exact) mass is 452 g/mol. The van der Waals surface area contributed by atoms with E-state index in [-0.39, 0.29) is 31.2 Å². The van der Waals surface area contributed by atoms with E-state index in [9.17, 15) is 19.2 Å². The number of halogens is 1. The van der Waals surface area contributed by atoms with Gasteiger partial charge in [0, 0.05) is 28.7 Å². The maximum Gasteiger partial charge on any atom is 0.250 e. The molecule has 0 bridgehead atoms. The summed E-state index contributed by atoms with van der Waals surface area (Å²) in [6.07, 6.45) is 0.277. The van der Waals surface area contributed by atoms with E-state index < -0.39 is 35.2 Å². The van der Waals surface area contributed by atoms with Gasteiger partial charge >= 0.3 is 0 Å². The molecule has 2 saturated heterocycles. The van der Waals surface area contributed by atoms with Crippen LogP contribution in [0.2, 0.25) is 5.02 Å². The zero-order valence-corrected chi connectivity index (χ0v) is 17.8. The minimum Gasteiger partial charge on any atom is -0.370 e. The number of nitrogens with one attached hydrogen (secondary N) is 2. The zero-order chi connectivity index (χ0) is 22.6. The van der Waals surface area contributed by atoms with Gasteiger partial charge < -0.3 is 11.1 Å². The Balaban J connectivity index is 1.58. The highest BCUT2D eigenvalue weighted by Crippen LogP contribution is 2.53. The Labute approximate surface area is 189 Å². The maximum atomic E-state index is 13.7. The lowest BCUT2D eigenvalue weighted by Crippen LogP contribution is -2.53. The predicted octanol–water partition coefficient (Wildman–Crippen LogP) is 1.53. The van der Waals surface area contributed by atoms with Crippen LogP contribution < -0.4 is 16.4 Å². The third kappa shape index (κ3) is 2.87. The number of primary amides is 1. The topological polar surface area (TPSA) is 122 Å². The van der Waals surface area contributed by atoms with Gasteiger partial charge in [-0.15, -0.1) is 0 Å². The van der Waals surface area contributed by atoms with Crippen molar-refractivity contribution in [3.05, 3.63) is 64.7 Å². The molecule has 3 aliphatic heterocycles. The summed E-state index contributed by atoms with van der Waals surface area (Å²) in [6.45, 7) is 0.0201. The number of nitrogens with zero attached hydrogens (tertiary/aromatic N) is 1. The summed E-state index contributed by atoms with van der Waals surface area (Å²) in [7, 11) is 0. The molecular weight excluding hydrogens is 432 g/mol. The Morgan fingerprint density at radius 3 is 2.53 bits per heavy atom. The molecule has 3 heterocycles. The van der Waals surface area contributed by atoms with Crippen molar-refractivity contribution in [2.45, 2.75) is 31.0 Å². The average molecular weight is 453 g/mol. The number of rotatable bonds is 5. The average Bonchev–Trinajstić information content (AvgIpc) is 3.34. The number of carbonyl (C=O) groups excluding carboxylic acids is 4. The Bertz CT molecular complexity index is 1170. The van der Waals surface area contributed by atoms with Crippen LogP contribution in [0.3, 0.4) is 0 Å². The Kier molecular flexibility index (Phi) is 4.79. The number of hydrogen-bond donors (Lipinski definition) is 3. The number of anilines is 1. The van der Waals surface area contributed by atoms with Crippen molar-refractivity contribution in [3.63, 3.8) is 0 Å². The van der Waals surface area contributed by atoms with Crippen molar-refractivity contribution in [3.8, 4) is 0 Å². The molecule has 9 heteroatoms. The van der Waals surface area contributed by atoms with Gasteiger partial charge in [0.2, 0.25) is 23.6 Å². The summed E-state index contributed by atoms with van der Waals surface area (Å²) in [6, 6.07) is 13.6. The summed E-state index contributed by atoms with van der Waals surface area (Å²) < 4.78 is 0. The highest BCUT2D eigenvalue weighted by molar-refractivity contribution is 6.31. The molecule has 0 unspecified atom stereocenters. The van der Waals surface area contributed by atoms with Crippen LogP contribution in [0.1, 0.15) is 24.0 Å². The molecular formula is C23H21ClN4O4. The largest absolute Gasteiger partial charge is 0.370 e. The van der Waals surface area contributed by atoms with Gasteiger partial charge in [-0.05, 0) is 24.1 Å². The smallest absolute Gasteiger partial charge is 0.250 e. The molecule has 3 aliphatic rings. The number of fused-ring (bicyclic) bond motifs is 4. The van der Waals surface area contributed by atoms with Gasteiger partial charge in [0.25, 0.3) is 0 Å². The first-order chi connectivity index (χ1) is 15.3. The molecule has 4 amide bonds. The molecule has 8 nitrogen and oxygen atoms in total. The Hall–Kier alpha value is -3.23. The van der Waals surface area contributed by atoms with Crippen molar-refractivity contribution < 1.29 is 19.2 Å². The van der Waals surface area contributed by atoms with E-state index >= 15 is 0 Å². The standard InChI is InChI=1S/C23H21ClN4O4/c24-14-7-3-1-5-12(14)11-28-20(30)18-16(9-10-17(25)29)27-23(19(18)21(28)31)13-6-2-4-8-15(13)26-22(23)32/h1-8,16,18-19,27H,9-11H2,(H2,25,29)(H,26,32)/t16-,18+,19+,23-/m1/s1. The van der Waals surface area contributed by atoms with Gasteiger partial charge in [0.05, 0.1) is 18.4 Å². The fraction of sp³-hybridized carbons (Fsp3) is 0.304. The summed E-state index contributed by atoms with van der Waals surface area (Å²) in [5, 5.41) is 6.56. The third-order valence-electron chi connectivity index (χ3n) is 6.70. The first kappa shape index (κ1) is 20.7. The van der Waals surface area contributed by atoms with Gasteiger partial charge in [-0.1, -0.05) is 48.0 Å². The van der Waals surface area contributed by atoms with Crippen molar-refractivity contribution >= 4 is 40.9 Å². The number of imide groups is 1. The molecule has 2 fully saturated rings. The van der Waals surface area contributed by atoms with Crippen LogP contribution in [0.4, 0.5) is 5.69 Å². The first-order valence-electron chi connectivity index (χ1n) is 10.4. The molecule has 0 aromatic heterocycles. The summed E-state index contributed by atoms with van der Waals surface area (Å²) >= 11 is 6.27. The molecule has 2 aromatic carbocycles. The van der Waals surface area contributed by atoms with Gasteiger partial charge in [0.1, 0.15) is 5.54 Å². The molecule has 1 spiro atoms. The van der Waals surface area contributed by atoms with E-state index in [1.165, 1.54) is 4.90 Å².